The summed E-state index contributed by atoms with van der Waals surface area (Å²) < 4.78 is 5.16. The molecule has 1 atom stereocenters. The van der Waals surface area contributed by atoms with Crippen LogP contribution in [0.3, 0.4) is 0 Å². The number of rotatable bonds is 3. The van der Waals surface area contributed by atoms with Gasteiger partial charge in [-0.3, -0.25) is 0 Å². The van der Waals surface area contributed by atoms with Crippen LogP contribution < -0.4 is 10.5 Å². The molecule has 0 aliphatic heterocycles. The first-order valence-corrected chi connectivity index (χ1v) is 6.81. The molecule has 3 rings (SSSR count). The Balaban J connectivity index is 2.12. The van der Waals surface area contributed by atoms with Gasteiger partial charge >= 0.3 is 0 Å². The normalized spacial score (nSPS) is 12.3. The molecule has 0 heterocycles. The average Bonchev–Trinajstić information content (AvgIpc) is 2.54. The summed E-state index contributed by atoms with van der Waals surface area (Å²) in [4.78, 5) is 0. The molecule has 0 saturated carbocycles. The topological polar surface area (TPSA) is 55.5 Å². The molecule has 3 aromatic rings. The molecule has 0 aromatic heterocycles. The van der Waals surface area contributed by atoms with Gasteiger partial charge in [0.05, 0.1) is 13.2 Å². The summed E-state index contributed by atoms with van der Waals surface area (Å²) >= 11 is 0. The molecule has 0 aliphatic carbocycles. The number of methoxy groups -OCH3 is 1. The highest BCUT2D eigenvalue weighted by Gasteiger charge is 2.16. The van der Waals surface area contributed by atoms with Gasteiger partial charge in [0.1, 0.15) is 11.5 Å². The van der Waals surface area contributed by atoms with E-state index in [0.29, 0.717) is 0 Å². The van der Waals surface area contributed by atoms with Crippen molar-refractivity contribution in [2.24, 2.45) is 5.73 Å². The van der Waals surface area contributed by atoms with Gasteiger partial charge in [-0.05, 0) is 34.5 Å². The minimum Gasteiger partial charge on any atom is -0.508 e. The average molecular weight is 279 g/mol. The van der Waals surface area contributed by atoms with Crippen molar-refractivity contribution in [1.82, 2.24) is 0 Å². The SMILES string of the molecule is COc1ccc([C@@H](N)c2c(O)ccc3ccccc23)cc1. The number of aromatic hydroxyl groups is 1. The van der Waals surface area contributed by atoms with Crippen molar-refractivity contribution in [2.75, 3.05) is 7.11 Å². The lowest BCUT2D eigenvalue weighted by molar-refractivity contribution is 0.414. The molecular weight excluding hydrogens is 262 g/mol. The summed E-state index contributed by atoms with van der Waals surface area (Å²) in [6.07, 6.45) is 0. The fraction of sp³-hybridized carbons (Fsp3) is 0.111. The number of phenols is 1. The molecule has 3 aromatic carbocycles. The molecule has 0 aliphatic rings. The number of ether oxygens (including phenoxy) is 1. The summed E-state index contributed by atoms with van der Waals surface area (Å²) in [7, 11) is 1.63. The van der Waals surface area contributed by atoms with Crippen LogP contribution in [0.15, 0.2) is 60.7 Å². The molecule has 0 saturated heterocycles. The van der Waals surface area contributed by atoms with E-state index in [1.165, 1.54) is 0 Å². The zero-order valence-electron chi connectivity index (χ0n) is 11.8. The summed E-state index contributed by atoms with van der Waals surface area (Å²) in [6.45, 7) is 0. The highest BCUT2D eigenvalue weighted by Crippen LogP contribution is 2.34. The van der Waals surface area contributed by atoms with Gasteiger partial charge in [0, 0.05) is 5.56 Å². The number of hydrogen-bond donors (Lipinski definition) is 2. The smallest absolute Gasteiger partial charge is 0.121 e. The lowest BCUT2D eigenvalue weighted by atomic mass is 9.93. The van der Waals surface area contributed by atoms with Crippen LogP contribution in [-0.2, 0) is 0 Å². The van der Waals surface area contributed by atoms with Crippen molar-refractivity contribution in [2.45, 2.75) is 6.04 Å². The number of phenolic OH excluding ortho intramolecular Hbond substituents is 1. The highest BCUT2D eigenvalue weighted by atomic mass is 16.5. The van der Waals surface area contributed by atoms with Crippen LogP contribution in [0.25, 0.3) is 10.8 Å². The van der Waals surface area contributed by atoms with E-state index < -0.39 is 0 Å². The van der Waals surface area contributed by atoms with Crippen molar-refractivity contribution in [1.29, 1.82) is 0 Å². The predicted molar refractivity (Wildman–Crippen MR) is 84.6 cm³/mol. The fourth-order valence-electron chi connectivity index (χ4n) is 2.59. The first-order valence-electron chi connectivity index (χ1n) is 6.81. The van der Waals surface area contributed by atoms with Gasteiger partial charge in [0.25, 0.3) is 0 Å². The van der Waals surface area contributed by atoms with Crippen molar-refractivity contribution in [3.63, 3.8) is 0 Å². The van der Waals surface area contributed by atoms with Crippen molar-refractivity contribution >= 4 is 10.8 Å². The van der Waals surface area contributed by atoms with Crippen LogP contribution >= 0.6 is 0 Å². The molecule has 3 nitrogen and oxygen atoms in total. The summed E-state index contributed by atoms with van der Waals surface area (Å²) in [5, 5.41) is 12.3. The first-order chi connectivity index (χ1) is 10.2. The Hall–Kier alpha value is -2.52. The van der Waals surface area contributed by atoms with Gasteiger partial charge < -0.3 is 15.6 Å². The standard InChI is InChI=1S/C18H17NO2/c1-21-14-9-6-13(7-10-14)18(19)17-15-5-3-2-4-12(15)8-11-16(17)20/h2-11,18,20H,19H2,1H3/t18-/m1/s1. The van der Waals surface area contributed by atoms with Gasteiger partial charge in [0.15, 0.2) is 0 Å². The molecule has 0 amide bonds. The summed E-state index contributed by atoms with van der Waals surface area (Å²) in [5.74, 6) is 1.00. The van der Waals surface area contributed by atoms with Crippen LogP contribution in [-0.4, -0.2) is 12.2 Å². The second kappa shape index (κ2) is 5.46. The molecular formula is C18H17NO2. The van der Waals surface area contributed by atoms with Gasteiger partial charge in [-0.2, -0.15) is 0 Å². The fourth-order valence-corrected chi connectivity index (χ4v) is 2.59. The molecule has 106 valence electrons. The van der Waals surface area contributed by atoms with E-state index in [9.17, 15) is 5.11 Å². The minimum atomic E-state index is -0.387. The van der Waals surface area contributed by atoms with Crippen molar-refractivity contribution < 1.29 is 9.84 Å². The number of hydrogen-bond acceptors (Lipinski definition) is 3. The van der Waals surface area contributed by atoms with Gasteiger partial charge in [-0.1, -0.05) is 42.5 Å². The first kappa shape index (κ1) is 13.5. The van der Waals surface area contributed by atoms with E-state index >= 15 is 0 Å². The van der Waals surface area contributed by atoms with Crippen LogP contribution in [0.2, 0.25) is 0 Å². The quantitative estimate of drug-likeness (QED) is 0.770. The largest absolute Gasteiger partial charge is 0.508 e. The molecule has 3 heteroatoms. The maximum absolute atomic E-state index is 10.2. The van der Waals surface area contributed by atoms with Gasteiger partial charge in [0.2, 0.25) is 0 Å². The lowest BCUT2D eigenvalue weighted by Crippen LogP contribution is -2.12. The van der Waals surface area contributed by atoms with Crippen LogP contribution in [0.1, 0.15) is 17.2 Å². The Bertz CT molecular complexity index is 766. The molecule has 0 fully saturated rings. The zero-order valence-corrected chi connectivity index (χ0v) is 11.8. The van der Waals surface area contributed by atoms with E-state index in [-0.39, 0.29) is 11.8 Å². The van der Waals surface area contributed by atoms with E-state index in [0.717, 1.165) is 27.6 Å². The monoisotopic (exact) mass is 279 g/mol. The zero-order chi connectivity index (χ0) is 14.8. The molecule has 0 bridgehead atoms. The van der Waals surface area contributed by atoms with Gasteiger partial charge in [-0.25, -0.2) is 0 Å². The second-order valence-electron chi connectivity index (χ2n) is 4.97. The Kier molecular flexibility index (Phi) is 3.50. The molecule has 3 N–H and O–H groups in total. The summed E-state index contributed by atoms with van der Waals surface area (Å²) in [5.41, 5.74) is 8.06. The Labute approximate surface area is 123 Å². The Morgan fingerprint density at radius 3 is 2.38 bits per heavy atom. The Morgan fingerprint density at radius 1 is 0.952 bits per heavy atom. The van der Waals surface area contributed by atoms with Crippen LogP contribution in [0.4, 0.5) is 0 Å². The maximum Gasteiger partial charge on any atom is 0.121 e. The lowest BCUT2D eigenvalue weighted by Gasteiger charge is -2.17. The number of benzene rings is 3. The Morgan fingerprint density at radius 2 is 1.67 bits per heavy atom. The van der Waals surface area contributed by atoms with Crippen molar-refractivity contribution in [3.05, 3.63) is 71.8 Å². The van der Waals surface area contributed by atoms with Crippen LogP contribution in [0, 0.1) is 0 Å². The van der Waals surface area contributed by atoms with Crippen LogP contribution in [0.5, 0.6) is 11.5 Å². The van der Waals surface area contributed by atoms with Crippen molar-refractivity contribution in [3.8, 4) is 11.5 Å². The maximum atomic E-state index is 10.2. The summed E-state index contributed by atoms with van der Waals surface area (Å²) in [6, 6.07) is 18.7. The number of fused-ring (bicyclic) bond motifs is 1. The highest BCUT2D eigenvalue weighted by molar-refractivity contribution is 5.88. The third-order valence-corrected chi connectivity index (χ3v) is 3.73. The second-order valence-corrected chi connectivity index (χ2v) is 4.97. The third-order valence-electron chi connectivity index (χ3n) is 3.73. The van der Waals surface area contributed by atoms with E-state index in [2.05, 4.69) is 0 Å². The molecule has 0 spiro atoms. The van der Waals surface area contributed by atoms with Gasteiger partial charge in [-0.15, -0.1) is 0 Å². The third kappa shape index (κ3) is 2.43. The van der Waals surface area contributed by atoms with E-state index in [1.807, 2.05) is 54.6 Å². The predicted octanol–water partition coefficient (Wildman–Crippen LogP) is 3.60. The molecule has 0 unspecified atom stereocenters. The molecule has 0 radical (unpaired) electrons. The van der Waals surface area contributed by atoms with E-state index in [1.54, 1.807) is 13.2 Å². The molecule has 21 heavy (non-hydrogen) atoms. The minimum absolute atomic E-state index is 0.219. The van der Waals surface area contributed by atoms with E-state index in [4.69, 9.17) is 10.5 Å². The number of nitrogens with two attached hydrogens (primary N) is 1.